The smallest absolute Gasteiger partial charge is 0.387 e. The van der Waals surface area contributed by atoms with Crippen LogP contribution in [-0.2, 0) is 12.8 Å². The van der Waals surface area contributed by atoms with Crippen LogP contribution in [0.15, 0.2) is 42.6 Å². The summed E-state index contributed by atoms with van der Waals surface area (Å²) < 4.78 is 40.0. The molecule has 1 aromatic carbocycles. The van der Waals surface area contributed by atoms with Gasteiger partial charge in [0.2, 0.25) is 5.88 Å². The van der Waals surface area contributed by atoms with Crippen LogP contribution in [0.5, 0.6) is 17.4 Å². The number of hydrogen-bond acceptors (Lipinski definition) is 6. The van der Waals surface area contributed by atoms with Crippen LogP contribution < -0.4 is 14.2 Å². The first kappa shape index (κ1) is 24.1. The number of halogens is 2. The van der Waals surface area contributed by atoms with Gasteiger partial charge in [0.25, 0.3) is 0 Å². The number of pyridine rings is 2. The molecular formula is C26H31F2N3O3. The van der Waals surface area contributed by atoms with Crippen LogP contribution in [0, 0.1) is 5.92 Å². The van der Waals surface area contributed by atoms with Crippen LogP contribution in [0.25, 0.3) is 11.0 Å². The lowest BCUT2D eigenvalue weighted by atomic mass is 9.90. The molecule has 3 aromatic rings. The lowest BCUT2D eigenvalue weighted by molar-refractivity contribution is -0.0512. The van der Waals surface area contributed by atoms with Crippen molar-refractivity contribution in [3.63, 3.8) is 0 Å². The zero-order valence-electron chi connectivity index (χ0n) is 19.7. The molecule has 1 aliphatic rings. The molecule has 3 heterocycles. The second-order valence-electron chi connectivity index (χ2n) is 8.63. The van der Waals surface area contributed by atoms with Crippen LogP contribution in [0.2, 0.25) is 0 Å². The zero-order valence-corrected chi connectivity index (χ0v) is 19.7. The third kappa shape index (κ3) is 6.11. The van der Waals surface area contributed by atoms with E-state index in [1.807, 2.05) is 30.5 Å². The van der Waals surface area contributed by atoms with Gasteiger partial charge in [0.15, 0.2) is 11.5 Å². The highest BCUT2D eigenvalue weighted by molar-refractivity contribution is 5.78. The van der Waals surface area contributed by atoms with E-state index in [2.05, 4.69) is 19.6 Å². The highest BCUT2D eigenvalue weighted by atomic mass is 19.3. The van der Waals surface area contributed by atoms with Gasteiger partial charge in [-0.1, -0.05) is 6.07 Å². The van der Waals surface area contributed by atoms with Crippen LogP contribution in [0.4, 0.5) is 8.78 Å². The molecule has 4 rings (SSSR count). The minimum absolute atomic E-state index is 0.0742. The molecule has 34 heavy (non-hydrogen) atoms. The van der Waals surface area contributed by atoms with E-state index in [1.165, 1.54) is 12.7 Å². The fourth-order valence-electron chi connectivity index (χ4n) is 4.59. The third-order valence-corrected chi connectivity index (χ3v) is 6.54. The number of methoxy groups -OCH3 is 2. The predicted octanol–water partition coefficient (Wildman–Crippen LogP) is 5.14. The largest absolute Gasteiger partial charge is 0.493 e. The van der Waals surface area contributed by atoms with E-state index in [9.17, 15) is 8.78 Å². The van der Waals surface area contributed by atoms with Crippen LogP contribution in [0.3, 0.4) is 0 Å². The Morgan fingerprint density at radius 2 is 1.82 bits per heavy atom. The van der Waals surface area contributed by atoms with E-state index < -0.39 is 6.61 Å². The third-order valence-electron chi connectivity index (χ3n) is 6.54. The number of benzene rings is 1. The molecule has 0 N–H and O–H groups in total. The van der Waals surface area contributed by atoms with Gasteiger partial charge in [-0.05, 0) is 86.5 Å². The van der Waals surface area contributed by atoms with Crippen molar-refractivity contribution in [2.45, 2.75) is 38.7 Å². The Labute approximate surface area is 198 Å². The standard InChI is InChI=1S/C26H31F2N3O3/c1-32-23-17-19(5-7-22(23)34-26(27)28)4-3-18-10-14-31(15-11-18)16-12-20-9-13-29-21-6-8-24(33-2)30-25(20)21/h5-9,13,17-18,26H,3-4,10-12,14-16H2,1-2H3. The Hall–Kier alpha value is -3.00. The Morgan fingerprint density at radius 3 is 2.56 bits per heavy atom. The number of ether oxygens (including phenoxy) is 3. The minimum atomic E-state index is -2.86. The second kappa shape index (κ2) is 11.4. The number of aromatic nitrogens is 2. The van der Waals surface area contributed by atoms with E-state index in [0.717, 1.165) is 68.3 Å². The minimum Gasteiger partial charge on any atom is -0.493 e. The Kier molecular flexibility index (Phi) is 8.11. The Bertz CT molecular complexity index is 1090. The van der Waals surface area contributed by atoms with E-state index in [4.69, 9.17) is 9.47 Å². The maximum atomic E-state index is 12.5. The molecule has 1 fully saturated rings. The quantitative estimate of drug-likeness (QED) is 0.408. The van der Waals surface area contributed by atoms with Crippen LogP contribution in [-0.4, -0.2) is 55.3 Å². The van der Waals surface area contributed by atoms with Gasteiger partial charge in [0.05, 0.1) is 25.3 Å². The first-order valence-corrected chi connectivity index (χ1v) is 11.7. The molecule has 2 aromatic heterocycles. The summed E-state index contributed by atoms with van der Waals surface area (Å²) in [4.78, 5) is 11.5. The van der Waals surface area contributed by atoms with E-state index in [1.54, 1.807) is 19.2 Å². The summed E-state index contributed by atoms with van der Waals surface area (Å²) in [5, 5.41) is 0. The molecule has 0 amide bonds. The fourth-order valence-corrected chi connectivity index (χ4v) is 4.59. The van der Waals surface area contributed by atoms with Crippen molar-refractivity contribution >= 4 is 11.0 Å². The molecule has 0 spiro atoms. The van der Waals surface area contributed by atoms with Crippen molar-refractivity contribution in [3.8, 4) is 17.4 Å². The predicted molar refractivity (Wildman–Crippen MR) is 127 cm³/mol. The topological polar surface area (TPSA) is 56.7 Å². The van der Waals surface area contributed by atoms with Gasteiger partial charge in [-0.3, -0.25) is 4.98 Å². The Morgan fingerprint density at radius 1 is 1.00 bits per heavy atom. The van der Waals surface area contributed by atoms with Gasteiger partial charge >= 0.3 is 6.61 Å². The van der Waals surface area contributed by atoms with Gasteiger partial charge in [0, 0.05) is 18.8 Å². The number of piperidine rings is 1. The van der Waals surface area contributed by atoms with Crippen molar-refractivity contribution in [3.05, 3.63) is 53.7 Å². The lowest BCUT2D eigenvalue weighted by Gasteiger charge is -2.32. The molecular weight excluding hydrogens is 440 g/mol. The molecule has 8 heteroatoms. The number of fused-ring (bicyclic) bond motifs is 1. The summed E-state index contributed by atoms with van der Waals surface area (Å²) in [7, 11) is 3.09. The van der Waals surface area contributed by atoms with Gasteiger partial charge in [-0.25, -0.2) is 4.98 Å². The van der Waals surface area contributed by atoms with E-state index in [0.29, 0.717) is 17.5 Å². The number of likely N-dealkylation sites (tertiary alicyclic amines) is 1. The monoisotopic (exact) mass is 471 g/mol. The van der Waals surface area contributed by atoms with Crippen molar-refractivity contribution in [2.24, 2.45) is 5.92 Å². The molecule has 1 saturated heterocycles. The normalized spacial score (nSPS) is 15.1. The molecule has 0 aliphatic carbocycles. The van der Waals surface area contributed by atoms with Crippen LogP contribution in [0.1, 0.15) is 30.4 Å². The molecule has 0 radical (unpaired) electrons. The van der Waals surface area contributed by atoms with Crippen molar-refractivity contribution in [1.29, 1.82) is 0 Å². The lowest BCUT2D eigenvalue weighted by Crippen LogP contribution is -2.35. The molecule has 0 unspecified atom stereocenters. The van der Waals surface area contributed by atoms with Crippen molar-refractivity contribution < 1.29 is 23.0 Å². The molecule has 6 nitrogen and oxygen atoms in total. The molecule has 182 valence electrons. The van der Waals surface area contributed by atoms with Crippen LogP contribution >= 0.6 is 0 Å². The number of rotatable bonds is 10. The molecule has 0 bridgehead atoms. The van der Waals surface area contributed by atoms with E-state index in [-0.39, 0.29) is 5.75 Å². The summed E-state index contributed by atoms with van der Waals surface area (Å²) in [6, 6.07) is 11.0. The van der Waals surface area contributed by atoms with Gasteiger partial charge in [-0.2, -0.15) is 8.78 Å². The van der Waals surface area contributed by atoms with E-state index >= 15 is 0 Å². The van der Waals surface area contributed by atoms with Gasteiger partial charge < -0.3 is 19.1 Å². The summed E-state index contributed by atoms with van der Waals surface area (Å²) in [6.45, 7) is 0.290. The summed E-state index contributed by atoms with van der Waals surface area (Å²) in [6.07, 6.45) is 7.06. The first-order chi connectivity index (χ1) is 16.6. The van der Waals surface area contributed by atoms with Crippen molar-refractivity contribution in [2.75, 3.05) is 33.9 Å². The van der Waals surface area contributed by atoms with Gasteiger partial charge in [0.1, 0.15) is 0 Å². The molecule has 0 atom stereocenters. The number of aryl methyl sites for hydroxylation is 1. The SMILES string of the molecule is COc1ccc2nccc(CCN3CCC(CCc4ccc(OC(F)F)c(OC)c4)CC3)c2n1. The summed E-state index contributed by atoms with van der Waals surface area (Å²) in [5.74, 6) is 1.69. The van der Waals surface area contributed by atoms with Crippen molar-refractivity contribution in [1.82, 2.24) is 14.9 Å². The Balaban J connectivity index is 1.25. The second-order valence-corrected chi connectivity index (χ2v) is 8.63. The zero-order chi connectivity index (χ0) is 23.9. The van der Waals surface area contributed by atoms with Gasteiger partial charge in [-0.15, -0.1) is 0 Å². The first-order valence-electron chi connectivity index (χ1n) is 11.7. The summed E-state index contributed by atoms with van der Waals surface area (Å²) >= 11 is 0. The fraction of sp³-hybridized carbons (Fsp3) is 0.462. The average molecular weight is 472 g/mol. The highest BCUT2D eigenvalue weighted by Gasteiger charge is 2.20. The molecule has 0 saturated carbocycles. The maximum Gasteiger partial charge on any atom is 0.387 e. The number of hydrogen-bond donors (Lipinski definition) is 0. The number of alkyl halides is 2. The molecule has 1 aliphatic heterocycles. The highest BCUT2D eigenvalue weighted by Crippen LogP contribution is 2.31. The number of nitrogens with zero attached hydrogens (tertiary/aromatic N) is 3. The summed E-state index contributed by atoms with van der Waals surface area (Å²) in [5.41, 5.74) is 4.08. The maximum absolute atomic E-state index is 12.5. The average Bonchev–Trinajstić information content (AvgIpc) is 2.86.